The lowest BCUT2D eigenvalue weighted by molar-refractivity contribution is 0.466. The van der Waals surface area contributed by atoms with Crippen LogP contribution in [0.1, 0.15) is 29.5 Å². The fourth-order valence-corrected chi connectivity index (χ4v) is 2.13. The van der Waals surface area contributed by atoms with Gasteiger partial charge in [0.1, 0.15) is 5.75 Å². The Labute approximate surface area is 114 Å². The Bertz CT molecular complexity index is 529. The normalized spacial score (nSPS) is 12.2. The van der Waals surface area contributed by atoms with E-state index in [4.69, 9.17) is 0 Å². The second kappa shape index (κ2) is 5.74. The van der Waals surface area contributed by atoms with Gasteiger partial charge in [-0.2, -0.15) is 0 Å². The lowest BCUT2D eigenvalue weighted by atomic mass is 9.96. The van der Waals surface area contributed by atoms with Crippen molar-refractivity contribution in [3.05, 3.63) is 53.3 Å². The van der Waals surface area contributed by atoms with E-state index in [0.29, 0.717) is 11.7 Å². The maximum Gasteiger partial charge on any atom is 0.121 e. The zero-order valence-corrected chi connectivity index (χ0v) is 11.6. The van der Waals surface area contributed by atoms with Crippen molar-refractivity contribution < 1.29 is 5.11 Å². The quantitative estimate of drug-likeness (QED) is 0.878. The standard InChI is InChI=1S/C16H20N2O/c1-11-7-14(8-12(2)16(11)19)13(3)9-18-15-5-4-6-17-10-15/h4-8,10,13,18-19H,9H2,1-3H3. The summed E-state index contributed by atoms with van der Waals surface area (Å²) in [6, 6.07) is 8.03. The molecule has 3 heteroatoms. The van der Waals surface area contributed by atoms with Gasteiger partial charge in [0, 0.05) is 18.9 Å². The SMILES string of the molecule is Cc1cc(C(C)CNc2cccnc2)cc(C)c1O. The zero-order valence-electron chi connectivity index (χ0n) is 11.6. The molecule has 1 aromatic carbocycles. The Morgan fingerprint density at radius 2 is 1.95 bits per heavy atom. The third kappa shape index (κ3) is 3.25. The fraction of sp³-hybridized carbons (Fsp3) is 0.312. The molecular formula is C16H20N2O. The van der Waals surface area contributed by atoms with E-state index in [1.165, 1.54) is 5.56 Å². The van der Waals surface area contributed by atoms with Crippen LogP contribution in [0.15, 0.2) is 36.7 Å². The van der Waals surface area contributed by atoms with Crippen LogP contribution in [0.2, 0.25) is 0 Å². The average Bonchev–Trinajstić information content (AvgIpc) is 2.42. The van der Waals surface area contributed by atoms with Crippen molar-refractivity contribution in [2.24, 2.45) is 0 Å². The van der Waals surface area contributed by atoms with E-state index < -0.39 is 0 Å². The number of phenolic OH excluding ortho intramolecular Hbond substituents is 1. The first kappa shape index (κ1) is 13.4. The Kier molecular flexibility index (Phi) is 4.05. The van der Waals surface area contributed by atoms with Crippen molar-refractivity contribution >= 4 is 5.69 Å². The molecule has 1 unspecified atom stereocenters. The molecule has 0 saturated carbocycles. The largest absolute Gasteiger partial charge is 0.507 e. The van der Waals surface area contributed by atoms with Crippen LogP contribution >= 0.6 is 0 Å². The molecule has 1 atom stereocenters. The van der Waals surface area contributed by atoms with Crippen LogP contribution in [0.3, 0.4) is 0 Å². The number of aromatic nitrogens is 1. The Morgan fingerprint density at radius 1 is 1.26 bits per heavy atom. The number of nitrogens with zero attached hydrogens (tertiary/aromatic N) is 1. The molecule has 0 aliphatic rings. The first-order valence-corrected chi connectivity index (χ1v) is 6.52. The van der Waals surface area contributed by atoms with Gasteiger partial charge in [0.05, 0.1) is 5.69 Å². The zero-order chi connectivity index (χ0) is 13.8. The average molecular weight is 256 g/mol. The molecule has 0 fully saturated rings. The monoisotopic (exact) mass is 256 g/mol. The number of nitrogens with one attached hydrogen (secondary N) is 1. The van der Waals surface area contributed by atoms with Gasteiger partial charge in [-0.3, -0.25) is 4.98 Å². The minimum absolute atomic E-state index is 0.373. The summed E-state index contributed by atoms with van der Waals surface area (Å²) in [5, 5.41) is 13.2. The van der Waals surface area contributed by atoms with Crippen molar-refractivity contribution in [1.29, 1.82) is 0 Å². The molecule has 19 heavy (non-hydrogen) atoms. The summed E-state index contributed by atoms with van der Waals surface area (Å²) in [6.45, 7) is 6.89. The molecule has 3 nitrogen and oxygen atoms in total. The minimum Gasteiger partial charge on any atom is -0.507 e. The van der Waals surface area contributed by atoms with Gasteiger partial charge in [-0.05, 0) is 48.6 Å². The molecule has 0 bridgehead atoms. The van der Waals surface area contributed by atoms with Gasteiger partial charge in [0.15, 0.2) is 0 Å². The van der Waals surface area contributed by atoms with Crippen LogP contribution < -0.4 is 5.32 Å². The molecule has 2 N–H and O–H groups in total. The predicted molar refractivity (Wildman–Crippen MR) is 78.7 cm³/mol. The summed E-state index contributed by atoms with van der Waals surface area (Å²) in [7, 11) is 0. The molecule has 1 heterocycles. The first-order chi connectivity index (χ1) is 9.08. The highest BCUT2D eigenvalue weighted by atomic mass is 16.3. The molecule has 0 amide bonds. The van der Waals surface area contributed by atoms with Gasteiger partial charge in [0.25, 0.3) is 0 Å². The Balaban J connectivity index is 2.06. The van der Waals surface area contributed by atoms with Crippen molar-refractivity contribution in [2.75, 3.05) is 11.9 Å². The Hall–Kier alpha value is -2.03. The van der Waals surface area contributed by atoms with E-state index in [2.05, 4.69) is 29.4 Å². The van der Waals surface area contributed by atoms with E-state index in [0.717, 1.165) is 23.4 Å². The summed E-state index contributed by atoms with van der Waals surface area (Å²) in [4.78, 5) is 4.08. The third-order valence-electron chi connectivity index (χ3n) is 3.36. The molecular weight excluding hydrogens is 236 g/mol. The molecule has 0 radical (unpaired) electrons. The fourth-order valence-electron chi connectivity index (χ4n) is 2.13. The molecule has 1 aromatic heterocycles. The molecule has 0 spiro atoms. The van der Waals surface area contributed by atoms with Crippen molar-refractivity contribution in [3.63, 3.8) is 0 Å². The predicted octanol–water partition coefficient (Wildman–Crippen LogP) is 3.62. The molecule has 0 aliphatic carbocycles. The minimum atomic E-state index is 0.373. The smallest absolute Gasteiger partial charge is 0.121 e. The van der Waals surface area contributed by atoms with Gasteiger partial charge < -0.3 is 10.4 Å². The topological polar surface area (TPSA) is 45.2 Å². The Morgan fingerprint density at radius 3 is 2.53 bits per heavy atom. The van der Waals surface area contributed by atoms with Crippen LogP contribution in [-0.4, -0.2) is 16.6 Å². The maximum absolute atomic E-state index is 9.80. The van der Waals surface area contributed by atoms with E-state index in [-0.39, 0.29) is 0 Å². The van der Waals surface area contributed by atoms with Crippen LogP contribution in [-0.2, 0) is 0 Å². The highest BCUT2D eigenvalue weighted by Gasteiger charge is 2.09. The number of hydrogen-bond donors (Lipinski definition) is 2. The number of rotatable bonds is 4. The third-order valence-corrected chi connectivity index (χ3v) is 3.36. The number of aromatic hydroxyl groups is 1. The van der Waals surface area contributed by atoms with Crippen LogP contribution in [0.25, 0.3) is 0 Å². The molecule has 0 aliphatic heterocycles. The summed E-state index contributed by atoms with van der Waals surface area (Å²) in [5.41, 5.74) is 4.14. The first-order valence-electron chi connectivity index (χ1n) is 6.52. The van der Waals surface area contributed by atoms with Crippen LogP contribution in [0.5, 0.6) is 5.75 Å². The molecule has 100 valence electrons. The number of phenols is 1. The van der Waals surface area contributed by atoms with Crippen LogP contribution in [0.4, 0.5) is 5.69 Å². The molecule has 0 saturated heterocycles. The summed E-state index contributed by atoms with van der Waals surface area (Å²) in [6.07, 6.45) is 3.58. The van der Waals surface area contributed by atoms with Crippen molar-refractivity contribution in [3.8, 4) is 5.75 Å². The number of pyridine rings is 1. The van der Waals surface area contributed by atoms with Gasteiger partial charge in [0.2, 0.25) is 0 Å². The van der Waals surface area contributed by atoms with E-state index in [1.807, 2.05) is 32.2 Å². The van der Waals surface area contributed by atoms with Crippen molar-refractivity contribution in [1.82, 2.24) is 4.98 Å². The molecule has 2 rings (SSSR count). The highest BCUT2D eigenvalue weighted by Crippen LogP contribution is 2.27. The number of hydrogen-bond acceptors (Lipinski definition) is 3. The van der Waals surface area contributed by atoms with Gasteiger partial charge in [-0.1, -0.05) is 19.1 Å². The summed E-state index contributed by atoms with van der Waals surface area (Å²) < 4.78 is 0. The second-order valence-electron chi connectivity index (χ2n) is 5.03. The highest BCUT2D eigenvalue weighted by molar-refractivity contribution is 5.44. The van der Waals surface area contributed by atoms with Crippen LogP contribution in [0, 0.1) is 13.8 Å². The van der Waals surface area contributed by atoms with E-state index in [1.54, 1.807) is 6.20 Å². The van der Waals surface area contributed by atoms with E-state index in [9.17, 15) is 5.11 Å². The van der Waals surface area contributed by atoms with E-state index >= 15 is 0 Å². The summed E-state index contributed by atoms with van der Waals surface area (Å²) in [5.74, 6) is 0.773. The number of anilines is 1. The van der Waals surface area contributed by atoms with Gasteiger partial charge in [-0.25, -0.2) is 0 Å². The maximum atomic E-state index is 9.80. The molecule has 2 aromatic rings. The van der Waals surface area contributed by atoms with Gasteiger partial charge >= 0.3 is 0 Å². The summed E-state index contributed by atoms with van der Waals surface area (Å²) >= 11 is 0. The van der Waals surface area contributed by atoms with Crippen molar-refractivity contribution in [2.45, 2.75) is 26.7 Å². The second-order valence-corrected chi connectivity index (χ2v) is 5.03. The lowest BCUT2D eigenvalue weighted by Crippen LogP contribution is -2.10. The van der Waals surface area contributed by atoms with Gasteiger partial charge in [-0.15, -0.1) is 0 Å². The lowest BCUT2D eigenvalue weighted by Gasteiger charge is -2.16. The number of aryl methyl sites for hydroxylation is 2. The number of benzene rings is 1.